The summed E-state index contributed by atoms with van der Waals surface area (Å²) in [6, 6.07) is 86.8. The summed E-state index contributed by atoms with van der Waals surface area (Å²) < 4.78 is 4.77. The zero-order valence-corrected chi connectivity index (χ0v) is 36.9. The van der Waals surface area contributed by atoms with Crippen molar-refractivity contribution in [3.63, 3.8) is 0 Å². The Bertz CT molecular complexity index is 3760. The van der Waals surface area contributed by atoms with E-state index in [-0.39, 0.29) is 5.41 Å². The van der Waals surface area contributed by atoms with Gasteiger partial charge in [0.05, 0.1) is 22.1 Å². The first-order valence-electron chi connectivity index (χ1n) is 22.9. The lowest BCUT2D eigenvalue weighted by Crippen LogP contribution is -2.16. The largest absolute Gasteiger partial charge is 0.310 e. The number of benzene rings is 10. The molecule has 12 aromatic rings. The van der Waals surface area contributed by atoms with E-state index in [1.54, 1.807) is 0 Å². The fraction of sp³-hybridized carbons (Fsp3) is 0.0476. The van der Waals surface area contributed by atoms with Gasteiger partial charge in [-0.25, -0.2) is 0 Å². The molecule has 0 aliphatic heterocycles. The standard InChI is InChI=1S/C63H45N3/c1-63(2)57-40-45(44-28-38-62-56(39-44)55-21-11-14-24-61(55)65(62)46-17-7-4-8-18-46)27-36-51(57)52-37-35-50(41-58(52)63)64(47-29-25-43(26-30-47)42-15-5-3-6-16-42)48-31-33-49(34-32-48)66-59-22-12-9-19-53(59)54-20-10-13-23-60(54)66/h3-41H,1-2H3. The van der Waals surface area contributed by atoms with Crippen molar-refractivity contribution in [3.8, 4) is 44.8 Å². The van der Waals surface area contributed by atoms with E-state index in [0.29, 0.717) is 0 Å². The molecule has 0 amide bonds. The summed E-state index contributed by atoms with van der Waals surface area (Å²) in [5.74, 6) is 0. The van der Waals surface area contributed by atoms with Gasteiger partial charge in [-0.1, -0.05) is 153 Å². The second-order valence-corrected chi connectivity index (χ2v) is 18.2. The van der Waals surface area contributed by atoms with Crippen LogP contribution < -0.4 is 4.90 Å². The zero-order chi connectivity index (χ0) is 43.9. The van der Waals surface area contributed by atoms with Crippen LogP contribution in [0, 0.1) is 0 Å². The van der Waals surface area contributed by atoms with Crippen molar-refractivity contribution in [1.29, 1.82) is 0 Å². The lowest BCUT2D eigenvalue weighted by atomic mass is 9.81. The van der Waals surface area contributed by atoms with Gasteiger partial charge in [-0.15, -0.1) is 0 Å². The lowest BCUT2D eigenvalue weighted by molar-refractivity contribution is 0.660. The van der Waals surface area contributed by atoms with Gasteiger partial charge in [0.15, 0.2) is 0 Å². The average Bonchev–Trinajstić information content (AvgIpc) is 3.97. The summed E-state index contributed by atoms with van der Waals surface area (Å²) in [5.41, 5.74) is 20.4. The molecule has 0 unspecified atom stereocenters. The van der Waals surface area contributed by atoms with E-state index >= 15 is 0 Å². The molecule has 0 saturated heterocycles. The van der Waals surface area contributed by atoms with Gasteiger partial charge in [0.25, 0.3) is 0 Å². The van der Waals surface area contributed by atoms with E-state index in [1.165, 1.54) is 93.8 Å². The minimum Gasteiger partial charge on any atom is -0.310 e. The molecule has 0 fully saturated rings. The van der Waals surface area contributed by atoms with Gasteiger partial charge in [0.2, 0.25) is 0 Å². The Kier molecular flexibility index (Phi) is 8.56. The third kappa shape index (κ3) is 5.90. The van der Waals surface area contributed by atoms with E-state index < -0.39 is 0 Å². The Labute approximate surface area is 384 Å². The quantitative estimate of drug-likeness (QED) is 0.156. The number of hydrogen-bond donors (Lipinski definition) is 0. The Morgan fingerprint density at radius 2 is 0.712 bits per heavy atom. The van der Waals surface area contributed by atoms with Crippen molar-refractivity contribution in [2.24, 2.45) is 0 Å². The maximum absolute atomic E-state index is 2.44. The predicted octanol–water partition coefficient (Wildman–Crippen LogP) is 17.0. The van der Waals surface area contributed by atoms with Gasteiger partial charge in [-0.05, 0) is 142 Å². The van der Waals surface area contributed by atoms with Crippen molar-refractivity contribution in [2.75, 3.05) is 4.90 Å². The molecule has 312 valence electrons. The molecule has 3 heteroatoms. The predicted molar refractivity (Wildman–Crippen MR) is 278 cm³/mol. The van der Waals surface area contributed by atoms with Crippen LogP contribution in [0.4, 0.5) is 17.1 Å². The molecule has 0 bridgehead atoms. The summed E-state index contributed by atoms with van der Waals surface area (Å²) in [6.07, 6.45) is 0. The second kappa shape index (κ2) is 14.8. The Balaban J connectivity index is 0.899. The lowest BCUT2D eigenvalue weighted by Gasteiger charge is -2.28. The fourth-order valence-electron chi connectivity index (χ4n) is 10.9. The zero-order valence-electron chi connectivity index (χ0n) is 36.9. The summed E-state index contributed by atoms with van der Waals surface area (Å²) in [7, 11) is 0. The van der Waals surface area contributed by atoms with Crippen LogP contribution in [0.3, 0.4) is 0 Å². The normalized spacial score (nSPS) is 12.8. The third-order valence-corrected chi connectivity index (χ3v) is 14.1. The molecule has 13 rings (SSSR count). The highest BCUT2D eigenvalue weighted by molar-refractivity contribution is 6.11. The van der Waals surface area contributed by atoms with Gasteiger partial charge in [-0.3, -0.25) is 0 Å². The molecule has 10 aromatic carbocycles. The highest BCUT2D eigenvalue weighted by atomic mass is 15.1. The molecule has 1 aliphatic rings. The molecule has 0 atom stereocenters. The number of hydrogen-bond acceptors (Lipinski definition) is 1. The third-order valence-electron chi connectivity index (χ3n) is 14.1. The Morgan fingerprint density at radius 1 is 0.303 bits per heavy atom. The number of rotatable bonds is 7. The van der Waals surface area contributed by atoms with Crippen molar-refractivity contribution in [1.82, 2.24) is 9.13 Å². The SMILES string of the molecule is CC1(C)c2cc(-c3ccc4c(c3)c3ccccc3n4-c3ccccc3)ccc2-c2ccc(N(c3ccc(-c4ccccc4)cc3)c3ccc(-n4c5ccccc5c5ccccc54)cc3)cc21. The molecule has 0 spiro atoms. The number of fused-ring (bicyclic) bond motifs is 9. The van der Waals surface area contributed by atoms with Crippen LogP contribution in [0.5, 0.6) is 0 Å². The molecule has 0 saturated carbocycles. The van der Waals surface area contributed by atoms with Crippen LogP contribution in [0.2, 0.25) is 0 Å². The van der Waals surface area contributed by atoms with Gasteiger partial charge >= 0.3 is 0 Å². The van der Waals surface area contributed by atoms with Gasteiger partial charge in [-0.2, -0.15) is 0 Å². The summed E-state index contributed by atoms with van der Waals surface area (Å²) >= 11 is 0. The van der Waals surface area contributed by atoms with Crippen LogP contribution in [0.25, 0.3) is 88.4 Å². The number of para-hydroxylation sites is 4. The first-order valence-corrected chi connectivity index (χ1v) is 22.9. The number of aromatic nitrogens is 2. The van der Waals surface area contributed by atoms with E-state index in [4.69, 9.17) is 0 Å². The highest BCUT2D eigenvalue weighted by Gasteiger charge is 2.36. The van der Waals surface area contributed by atoms with E-state index in [2.05, 4.69) is 264 Å². The monoisotopic (exact) mass is 843 g/mol. The van der Waals surface area contributed by atoms with Crippen LogP contribution in [-0.4, -0.2) is 9.13 Å². The van der Waals surface area contributed by atoms with Crippen LogP contribution in [0.15, 0.2) is 237 Å². The van der Waals surface area contributed by atoms with Gasteiger partial charge in [0, 0.05) is 55.4 Å². The molecular weight excluding hydrogens is 799 g/mol. The smallest absolute Gasteiger partial charge is 0.0541 e. The van der Waals surface area contributed by atoms with Crippen LogP contribution >= 0.6 is 0 Å². The topological polar surface area (TPSA) is 13.1 Å². The number of nitrogens with zero attached hydrogens (tertiary/aromatic N) is 3. The molecule has 2 aromatic heterocycles. The minimum absolute atomic E-state index is 0.229. The first-order chi connectivity index (χ1) is 32.5. The van der Waals surface area contributed by atoms with Crippen molar-refractivity contribution in [2.45, 2.75) is 19.3 Å². The molecule has 1 aliphatic carbocycles. The minimum atomic E-state index is -0.229. The molecule has 0 N–H and O–H groups in total. The number of anilines is 3. The average molecular weight is 844 g/mol. The van der Waals surface area contributed by atoms with E-state index in [9.17, 15) is 0 Å². The van der Waals surface area contributed by atoms with Crippen molar-refractivity contribution >= 4 is 60.7 Å². The fourth-order valence-corrected chi connectivity index (χ4v) is 10.9. The summed E-state index contributed by atoms with van der Waals surface area (Å²) in [5, 5.41) is 5.05. The van der Waals surface area contributed by atoms with Crippen molar-refractivity contribution in [3.05, 3.63) is 248 Å². The Hall–Kier alpha value is -8.40. The molecule has 3 nitrogen and oxygen atoms in total. The first kappa shape index (κ1) is 38.1. The molecular formula is C63H45N3. The summed E-state index contributed by atoms with van der Waals surface area (Å²) in [6.45, 7) is 4.78. The van der Waals surface area contributed by atoms with Gasteiger partial charge in [0.1, 0.15) is 0 Å². The van der Waals surface area contributed by atoms with Crippen LogP contribution in [-0.2, 0) is 5.41 Å². The van der Waals surface area contributed by atoms with Gasteiger partial charge < -0.3 is 14.0 Å². The van der Waals surface area contributed by atoms with E-state index in [0.717, 1.165) is 22.7 Å². The van der Waals surface area contributed by atoms with Crippen LogP contribution in [0.1, 0.15) is 25.0 Å². The van der Waals surface area contributed by atoms with E-state index in [1.807, 2.05) is 0 Å². The molecule has 2 heterocycles. The molecule has 66 heavy (non-hydrogen) atoms. The Morgan fingerprint density at radius 3 is 1.33 bits per heavy atom. The summed E-state index contributed by atoms with van der Waals surface area (Å²) in [4.78, 5) is 2.41. The highest BCUT2D eigenvalue weighted by Crippen LogP contribution is 2.52. The second-order valence-electron chi connectivity index (χ2n) is 18.2. The molecule has 0 radical (unpaired) electrons. The maximum Gasteiger partial charge on any atom is 0.0541 e. The maximum atomic E-state index is 2.44. The van der Waals surface area contributed by atoms with Crippen molar-refractivity contribution < 1.29 is 0 Å².